The van der Waals surface area contributed by atoms with Gasteiger partial charge in [0.25, 0.3) is 0 Å². The molecular weight excluding hydrogens is 302 g/mol. The Morgan fingerprint density at radius 3 is 2.59 bits per heavy atom. The van der Waals surface area contributed by atoms with Crippen LogP contribution in [0.4, 0.5) is 0 Å². The molecule has 0 amide bonds. The van der Waals surface area contributed by atoms with E-state index in [0.29, 0.717) is 15.9 Å². The van der Waals surface area contributed by atoms with E-state index in [0.717, 1.165) is 18.4 Å². The van der Waals surface area contributed by atoms with Crippen molar-refractivity contribution in [2.24, 2.45) is 5.73 Å². The highest BCUT2D eigenvalue weighted by atomic mass is 79.9. The third kappa shape index (κ3) is 2.56. The summed E-state index contributed by atoms with van der Waals surface area (Å²) in [7, 11) is -3.12. The Labute approximate surface area is 110 Å². The number of hydrogen-bond acceptors (Lipinski definition) is 3. The Balaban J connectivity index is 2.38. The van der Waals surface area contributed by atoms with Crippen molar-refractivity contribution in [2.75, 3.05) is 6.54 Å². The van der Waals surface area contributed by atoms with Gasteiger partial charge in [-0.1, -0.05) is 13.0 Å². The van der Waals surface area contributed by atoms with Crippen molar-refractivity contribution in [1.82, 2.24) is 0 Å². The first-order valence-corrected chi connectivity index (χ1v) is 8.04. The van der Waals surface area contributed by atoms with Gasteiger partial charge in [-0.15, -0.1) is 0 Å². The Hall–Kier alpha value is -0.390. The Kier molecular flexibility index (Phi) is 3.61. The summed E-state index contributed by atoms with van der Waals surface area (Å²) in [6.07, 6.45) is 1.57. The average molecular weight is 318 g/mol. The van der Waals surface area contributed by atoms with E-state index in [1.165, 1.54) is 0 Å². The fourth-order valence-corrected chi connectivity index (χ4v) is 4.53. The van der Waals surface area contributed by atoms with Gasteiger partial charge in [0.1, 0.15) is 0 Å². The fourth-order valence-electron chi connectivity index (χ4n) is 1.75. The van der Waals surface area contributed by atoms with Gasteiger partial charge in [0.05, 0.1) is 10.1 Å². The van der Waals surface area contributed by atoms with Crippen LogP contribution >= 0.6 is 15.9 Å². The van der Waals surface area contributed by atoms with Crippen LogP contribution in [-0.4, -0.2) is 20.2 Å². The molecule has 2 N–H and O–H groups in total. The first-order valence-electron chi connectivity index (χ1n) is 5.70. The van der Waals surface area contributed by atoms with Crippen LogP contribution in [-0.2, 0) is 9.84 Å². The lowest BCUT2D eigenvalue weighted by molar-refractivity contribution is 0.594. The molecule has 17 heavy (non-hydrogen) atoms. The topological polar surface area (TPSA) is 60.2 Å². The largest absolute Gasteiger partial charge is 0.330 e. The third-order valence-electron chi connectivity index (χ3n) is 3.15. The predicted molar refractivity (Wildman–Crippen MR) is 71.8 cm³/mol. The molecule has 0 aromatic heterocycles. The molecule has 0 bridgehead atoms. The van der Waals surface area contributed by atoms with Crippen molar-refractivity contribution in [3.05, 3.63) is 28.2 Å². The van der Waals surface area contributed by atoms with Crippen LogP contribution in [0.1, 0.15) is 31.2 Å². The lowest BCUT2D eigenvalue weighted by Gasteiger charge is -2.12. The summed E-state index contributed by atoms with van der Waals surface area (Å²) in [5.74, 6) is 0.240. The monoisotopic (exact) mass is 317 g/mol. The highest BCUT2D eigenvalue weighted by Gasteiger charge is 2.37. The molecular formula is C12H16BrNO2S. The molecule has 0 radical (unpaired) electrons. The number of halogens is 1. The molecule has 1 aliphatic rings. The molecule has 0 spiro atoms. The standard InChI is InChI=1S/C12H16BrNO2S/c1-8(7-14)9-2-5-12(11(13)6-9)17(15,16)10-3-4-10/h2,5-6,8,10H,3-4,7,14H2,1H3. The number of benzene rings is 1. The van der Waals surface area contributed by atoms with Crippen molar-refractivity contribution in [3.63, 3.8) is 0 Å². The second-order valence-electron chi connectivity index (χ2n) is 4.57. The minimum absolute atomic E-state index is 0.170. The van der Waals surface area contributed by atoms with Crippen molar-refractivity contribution >= 4 is 25.8 Å². The SMILES string of the molecule is CC(CN)c1ccc(S(=O)(=O)C2CC2)c(Br)c1. The molecule has 1 aliphatic carbocycles. The Bertz CT molecular complexity index is 523. The quantitative estimate of drug-likeness (QED) is 0.927. The zero-order valence-corrected chi connectivity index (χ0v) is 12.1. The molecule has 0 aliphatic heterocycles. The van der Waals surface area contributed by atoms with E-state index in [4.69, 9.17) is 5.73 Å². The number of nitrogens with two attached hydrogens (primary N) is 1. The average Bonchev–Trinajstić information content (AvgIpc) is 3.11. The maximum atomic E-state index is 12.1. The molecule has 1 aromatic rings. The number of sulfone groups is 1. The molecule has 0 heterocycles. The van der Waals surface area contributed by atoms with Gasteiger partial charge in [-0.3, -0.25) is 0 Å². The smallest absolute Gasteiger partial charge is 0.182 e. The normalized spacial score (nSPS) is 18.1. The lowest BCUT2D eigenvalue weighted by atomic mass is 10.0. The van der Waals surface area contributed by atoms with Crippen LogP contribution in [0.15, 0.2) is 27.6 Å². The Morgan fingerprint density at radius 2 is 2.12 bits per heavy atom. The Morgan fingerprint density at radius 1 is 1.47 bits per heavy atom. The number of hydrogen-bond donors (Lipinski definition) is 1. The van der Waals surface area contributed by atoms with Gasteiger partial charge >= 0.3 is 0 Å². The maximum absolute atomic E-state index is 12.1. The van der Waals surface area contributed by atoms with Crippen LogP contribution in [0.5, 0.6) is 0 Å². The molecule has 5 heteroatoms. The van der Waals surface area contributed by atoms with Crippen molar-refractivity contribution in [1.29, 1.82) is 0 Å². The van der Waals surface area contributed by atoms with Crippen molar-refractivity contribution in [3.8, 4) is 0 Å². The summed E-state index contributed by atoms with van der Waals surface area (Å²) >= 11 is 3.36. The van der Waals surface area contributed by atoms with Crippen LogP contribution < -0.4 is 5.73 Å². The van der Waals surface area contributed by atoms with Gasteiger partial charge in [0, 0.05) is 4.47 Å². The predicted octanol–water partition coefficient (Wildman–Crippen LogP) is 2.45. The van der Waals surface area contributed by atoms with E-state index in [1.807, 2.05) is 19.1 Å². The van der Waals surface area contributed by atoms with Gasteiger partial charge in [0.15, 0.2) is 9.84 Å². The number of rotatable bonds is 4. The molecule has 1 saturated carbocycles. The van der Waals surface area contributed by atoms with Crippen LogP contribution in [0.3, 0.4) is 0 Å². The minimum Gasteiger partial charge on any atom is -0.330 e. The van der Waals surface area contributed by atoms with Gasteiger partial charge in [0.2, 0.25) is 0 Å². The molecule has 3 nitrogen and oxygen atoms in total. The van der Waals surface area contributed by atoms with Gasteiger partial charge < -0.3 is 5.73 Å². The third-order valence-corrected chi connectivity index (χ3v) is 6.38. The first kappa shape index (κ1) is 13.1. The first-order chi connectivity index (χ1) is 7.96. The van der Waals surface area contributed by atoms with E-state index >= 15 is 0 Å². The molecule has 2 rings (SSSR count). The fraction of sp³-hybridized carbons (Fsp3) is 0.500. The van der Waals surface area contributed by atoms with Gasteiger partial charge in [-0.25, -0.2) is 8.42 Å². The second-order valence-corrected chi connectivity index (χ2v) is 7.62. The summed E-state index contributed by atoms with van der Waals surface area (Å²) < 4.78 is 24.9. The van der Waals surface area contributed by atoms with Crippen LogP contribution in [0, 0.1) is 0 Å². The molecule has 1 fully saturated rings. The van der Waals surface area contributed by atoms with E-state index in [1.54, 1.807) is 6.07 Å². The molecule has 94 valence electrons. The molecule has 1 unspecified atom stereocenters. The van der Waals surface area contributed by atoms with E-state index < -0.39 is 9.84 Å². The minimum atomic E-state index is -3.12. The van der Waals surface area contributed by atoms with E-state index in [2.05, 4.69) is 15.9 Å². The second kappa shape index (κ2) is 4.71. The van der Waals surface area contributed by atoms with Crippen LogP contribution in [0.25, 0.3) is 0 Å². The van der Waals surface area contributed by atoms with Gasteiger partial charge in [-0.05, 0) is 58.9 Å². The summed E-state index contributed by atoms with van der Waals surface area (Å²) in [4.78, 5) is 0.410. The zero-order chi connectivity index (χ0) is 12.6. The zero-order valence-electron chi connectivity index (χ0n) is 9.69. The van der Waals surface area contributed by atoms with Gasteiger partial charge in [-0.2, -0.15) is 0 Å². The molecule has 1 aromatic carbocycles. The van der Waals surface area contributed by atoms with Crippen molar-refractivity contribution in [2.45, 2.75) is 35.8 Å². The molecule has 1 atom stereocenters. The summed E-state index contributed by atoms with van der Waals surface area (Å²) in [6.45, 7) is 2.58. The maximum Gasteiger partial charge on any atom is 0.182 e. The highest BCUT2D eigenvalue weighted by molar-refractivity contribution is 9.10. The summed E-state index contributed by atoms with van der Waals surface area (Å²) in [5.41, 5.74) is 6.67. The van der Waals surface area contributed by atoms with E-state index in [-0.39, 0.29) is 11.2 Å². The summed E-state index contributed by atoms with van der Waals surface area (Å²) in [6, 6.07) is 5.42. The summed E-state index contributed by atoms with van der Waals surface area (Å²) in [5, 5.41) is -0.170. The lowest BCUT2D eigenvalue weighted by Crippen LogP contribution is -2.11. The highest BCUT2D eigenvalue weighted by Crippen LogP contribution is 2.37. The van der Waals surface area contributed by atoms with Crippen LogP contribution in [0.2, 0.25) is 0 Å². The molecule has 0 saturated heterocycles. The van der Waals surface area contributed by atoms with Crippen molar-refractivity contribution < 1.29 is 8.42 Å². The van der Waals surface area contributed by atoms with E-state index in [9.17, 15) is 8.42 Å².